The highest BCUT2D eigenvalue weighted by molar-refractivity contribution is 9.10. The van der Waals surface area contributed by atoms with E-state index >= 15 is 0 Å². The van der Waals surface area contributed by atoms with Gasteiger partial charge >= 0.3 is 0 Å². The zero-order valence-electron chi connectivity index (χ0n) is 11.1. The normalized spacial score (nSPS) is 10.7. The molecule has 0 heterocycles. The van der Waals surface area contributed by atoms with Crippen LogP contribution in [-0.2, 0) is 6.54 Å². The van der Waals surface area contributed by atoms with Crippen LogP contribution in [0.15, 0.2) is 34.8 Å². The van der Waals surface area contributed by atoms with Crippen LogP contribution in [-0.4, -0.2) is 7.05 Å². The van der Waals surface area contributed by atoms with Gasteiger partial charge in [-0.15, -0.1) is 0 Å². The minimum Gasteiger partial charge on any atom is -0.454 e. The average molecular weight is 342 g/mol. The molecule has 0 aliphatic rings. The standard InChI is InChI=1S/C15H14BrF2NO/c1-9-3-4-13(10(5-9)8-19-2)20-14-7-11(16)6-12(17)15(14)18/h3-7,19H,8H2,1-2H3. The zero-order valence-corrected chi connectivity index (χ0v) is 12.7. The molecule has 0 bridgehead atoms. The summed E-state index contributed by atoms with van der Waals surface area (Å²) in [5.74, 6) is -1.58. The van der Waals surface area contributed by atoms with E-state index in [9.17, 15) is 8.78 Å². The molecule has 0 atom stereocenters. The lowest BCUT2D eigenvalue weighted by molar-refractivity contribution is 0.411. The summed E-state index contributed by atoms with van der Waals surface area (Å²) >= 11 is 3.12. The minimum absolute atomic E-state index is 0.141. The van der Waals surface area contributed by atoms with Crippen molar-refractivity contribution in [3.05, 3.63) is 57.6 Å². The molecule has 106 valence electrons. The molecule has 2 rings (SSSR count). The highest BCUT2D eigenvalue weighted by Crippen LogP contribution is 2.31. The summed E-state index contributed by atoms with van der Waals surface area (Å²) in [5.41, 5.74) is 1.95. The highest BCUT2D eigenvalue weighted by atomic mass is 79.9. The lowest BCUT2D eigenvalue weighted by Crippen LogP contribution is -2.07. The van der Waals surface area contributed by atoms with Gasteiger partial charge in [-0.3, -0.25) is 0 Å². The molecule has 2 nitrogen and oxygen atoms in total. The molecule has 0 amide bonds. The van der Waals surface area contributed by atoms with Gasteiger partial charge in [0.1, 0.15) is 5.75 Å². The second-order valence-corrected chi connectivity index (χ2v) is 5.36. The van der Waals surface area contributed by atoms with Crippen LogP contribution in [0.3, 0.4) is 0 Å². The summed E-state index contributed by atoms with van der Waals surface area (Å²) < 4.78 is 33.0. The molecule has 2 aromatic rings. The van der Waals surface area contributed by atoms with Gasteiger partial charge in [0.05, 0.1) is 0 Å². The fraction of sp³-hybridized carbons (Fsp3) is 0.200. The number of benzene rings is 2. The van der Waals surface area contributed by atoms with E-state index in [0.29, 0.717) is 16.8 Å². The maximum absolute atomic E-state index is 13.7. The van der Waals surface area contributed by atoms with Crippen molar-refractivity contribution in [2.24, 2.45) is 0 Å². The van der Waals surface area contributed by atoms with Crippen LogP contribution in [0, 0.1) is 18.6 Å². The van der Waals surface area contributed by atoms with Crippen molar-refractivity contribution in [3.8, 4) is 11.5 Å². The highest BCUT2D eigenvalue weighted by Gasteiger charge is 2.14. The Morgan fingerprint density at radius 3 is 2.60 bits per heavy atom. The van der Waals surface area contributed by atoms with E-state index in [2.05, 4.69) is 21.2 Å². The van der Waals surface area contributed by atoms with E-state index in [1.165, 1.54) is 6.07 Å². The molecule has 0 fully saturated rings. The molecule has 5 heteroatoms. The minimum atomic E-state index is -0.996. The Kier molecular flexibility index (Phi) is 4.73. The summed E-state index contributed by atoms with van der Waals surface area (Å²) in [6, 6.07) is 8.02. The molecule has 20 heavy (non-hydrogen) atoms. The molecule has 0 aliphatic heterocycles. The van der Waals surface area contributed by atoms with Gasteiger partial charge in [-0.25, -0.2) is 4.39 Å². The van der Waals surface area contributed by atoms with Crippen molar-refractivity contribution < 1.29 is 13.5 Å². The van der Waals surface area contributed by atoms with Crippen LogP contribution < -0.4 is 10.1 Å². The quantitative estimate of drug-likeness (QED) is 0.824. The molecular weight excluding hydrogens is 328 g/mol. The SMILES string of the molecule is CNCc1cc(C)ccc1Oc1cc(Br)cc(F)c1F. The third-order valence-electron chi connectivity index (χ3n) is 2.76. The first-order chi connectivity index (χ1) is 9.51. The zero-order chi connectivity index (χ0) is 14.7. The summed E-state index contributed by atoms with van der Waals surface area (Å²) in [7, 11) is 1.81. The Balaban J connectivity index is 2.39. The molecule has 0 spiro atoms. The molecule has 0 aliphatic carbocycles. The Hall–Kier alpha value is -1.46. The monoisotopic (exact) mass is 341 g/mol. The number of ether oxygens (including phenoxy) is 1. The van der Waals surface area contributed by atoms with Gasteiger partial charge in [-0.2, -0.15) is 4.39 Å². The van der Waals surface area contributed by atoms with Gasteiger partial charge in [0, 0.05) is 16.6 Å². The lowest BCUT2D eigenvalue weighted by Gasteiger charge is -2.13. The number of hydrogen-bond donors (Lipinski definition) is 1. The number of halogens is 3. The number of aryl methyl sites for hydroxylation is 1. The van der Waals surface area contributed by atoms with Crippen molar-refractivity contribution in [3.63, 3.8) is 0 Å². The first kappa shape index (κ1) is 14.9. The largest absolute Gasteiger partial charge is 0.454 e. The molecular formula is C15H14BrF2NO. The number of nitrogens with one attached hydrogen (secondary N) is 1. The second kappa shape index (κ2) is 6.33. The summed E-state index contributed by atoms with van der Waals surface area (Å²) in [6.07, 6.45) is 0. The Labute approximate surface area is 124 Å². The Morgan fingerprint density at radius 2 is 1.90 bits per heavy atom. The average Bonchev–Trinajstić information content (AvgIpc) is 2.38. The van der Waals surface area contributed by atoms with Crippen molar-refractivity contribution in [2.75, 3.05) is 7.05 Å². The van der Waals surface area contributed by atoms with Gasteiger partial charge in [-0.1, -0.05) is 33.6 Å². The van der Waals surface area contributed by atoms with Gasteiger partial charge in [-0.05, 0) is 32.2 Å². The van der Waals surface area contributed by atoms with E-state index in [4.69, 9.17) is 4.74 Å². The van der Waals surface area contributed by atoms with Crippen molar-refractivity contribution >= 4 is 15.9 Å². The molecule has 0 unspecified atom stereocenters. The second-order valence-electron chi connectivity index (χ2n) is 4.44. The molecule has 2 aromatic carbocycles. The lowest BCUT2D eigenvalue weighted by atomic mass is 10.1. The first-order valence-corrected chi connectivity index (χ1v) is 6.87. The Bertz CT molecular complexity index is 632. The van der Waals surface area contributed by atoms with Crippen LogP contribution in [0.1, 0.15) is 11.1 Å². The van der Waals surface area contributed by atoms with Crippen molar-refractivity contribution in [1.29, 1.82) is 0 Å². The third-order valence-corrected chi connectivity index (χ3v) is 3.22. The number of hydrogen-bond acceptors (Lipinski definition) is 2. The predicted octanol–water partition coefficient (Wildman–Crippen LogP) is 4.55. The van der Waals surface area contributed by atoms with Crippen LogP contribution in [0.4, 0.5) is 8.78 Å². The predicted molar refractivity (Wildman–Crippen MR) is 78.1 cm³/mol. The smallest absolute Gasteiger partial charge is 0.201 e. The van der Waals surface area contributed by atoms with Gasteiger partial charge in [0.15, 0.2) is 11.6 Å². The van der Waals surface area contributed by atoms with E-state index in [0.717, 1.165) is 17.2 Å². The topological polar surface area (TPSA) is 21.3 Å². The van der Waals surface area contributed by atoms with Crippen LogP contribution >= 0.6 is 15.9 Å². The maximum atomic E-state index is 13.7. The van der Waals surface area contributed by atoms with Crippen LogP contribution in [0.5, 0.6) is 11.5 Å². The van der Waals surface area contributed by atoms with E-state index in [1.54, 1.807) is 6.07 Å². The van der Waals surface area contributed by atoms with Gasteiger partial charge in [0.25, 0.3) is 0 Å². The molecule has 0 saturated carbocycles. The molecule has 0 aromatic heterocycles. The first-order valence-electron chi connectivity index (χ1n) is 6.08. The van der Waals surface area contributed by atoms with E-state index in [1.807, 2.05) is 26.1 Å². The Morgan fingerprint density at radius 1 is 1.15 bits per heavy atom. The third kappa shape index (κ3) is 3.35. The molecule has 1 N–H and O–H groups in total. The number of rotatable bonds is 4. The summed E-state index contributed by atoms with van der Waals surface area (Å²) in [5, 5.41) is 3.02. The molecule has 0 radical (unpaired) electrons. The van der Waals surface area contributed by atoms with Crippen molar-refractivity contribution in [1.82, 2.24) is 5.32 Å². The van der Waals surface area contributed by atoms with Crippen molar-refractivity contribution in [2.45, 2.75) is 13.5 Å². The van der Waals surface area contributed by atoms with Crippen LogP contribution in [0.25, 0.3) is 0 Å². The van der Waals surface area contributed by atoms with E-state index < -0.39 is 11.6 Å². The fourth-order valence-corrected chi connectivity index (χ4v) is 2.27. The van der Waals surface area contributed by atoms with Crippen LogP contribution in [0.2, 0.25) is 0 Å². The maximum Gasteiger partial charge on any atom is 0.201 e. The molecule has 0 saturated heterocycles. The fourth-order valence-electron chi connectivity index (χ4n) is 1.86. The summed E-state index contributed by atoms with van der Waals surface area (Å²) in [4.78, 5) is 0. The van der Waals surface area contributed by atoms with Gasteiger partial charge < -0.3 is 10.1 Å². The van der Waals surface area contributed by atoms with E-state index in [-0.39, 0.29) is 5.75 Å². The summed E-state index contributed by atoms with van der Waals surface area (Å²) in [6.45, 7) is 2.54. The van der Waals surface area contributed by atoms with Gasteiger partial charge in [0.2, 0.25) is 5.82 Å².